The molecule has 1 amide bonds. The van der Waals surface area contributed by atoms with E-state index in [9.17, 15) is 4.79 Å². The van der Waals surface area contributed by atoms with E-state index in [2.05, 4.69) is 25.5 Å². The van der Waals surface area contributed by atoms with E-state index in [1.54, 1.807) is 24.3 Å². The van der Waals surface area contributed by atoms with E-state index in [1.165, 1.54) is 10.5 Å². The van der Waals surface area contributed by atoms with Gasteiger partial charge in [-0.2, -0.15) is 0 Å². The zero-order valence-corrected chi connectivity index (χ0v) is 14.2. The molecule has 0 spiro atoms. The number of quaternary nitrogens is 1. The third-order valence-electron chi connectivity index (χ3n) is 3.32. The largest absolute Gasteiger partial charge is 0.484 e. The van der Waals surface area contributed by atoms with Gasteiger partial charge in [0.25, 0.3) is 5.91 Å². The average Bonchev–Trinajstić information content (AvgIpc) is 2.53. The van der Waals surface area contributed by atoms with Crippen molar-refractivity contribution in [3.05, 3.63) is 64.7 Å². The van der Waals surface area contributed by atoms with Gasteiger partial charge >= 0.3 is 0 Å². The van der Waals surface area contributed by atoms with E-state index in [0.29, 0.717) is 17.3 Å². The summed E-state index contributed by atoms with van der Waals surface area (Å²) >= 11 is 5.81. The van der Waals surface area contributed by atoms with Crippen molar-refractivity contribution in [3.63, 3.8) is 0 Å². The molecule has 23 heavy (non-hydrogen) atoms. The lowest BCUT2D eigenvalue weighted by atomic mass is 10.1. The summed E-state index contributed by atoms with van der Waals surface area (Å²) in [5, 5.41) is 3.54. The molecule has 2 rings (SSSR count). The van der Waals surface area contributed by atoms with Gasteiger partial charge in [-0.05, 0) is 29.8 Å². The highest BCUT2D eigenvalue weighted by molar-refractivity contribution is 6.30. The van der Waals surface area contributed by atoms with Gasteiger partial charge in [-0.1, -0.05) is 35.9 Å². The van der Waals surface area contributed by atoms with Gasteiger partial charge in [0, 0.05) is 17.1 Å². The smallest absolute Gasteiger partial charge is 0.258 e. The molecule has 0 unspecified atom stereocenters. The second-order valence-corrected chi connectivity index (χ2v) is 6.11. The van der Waals surface area contributed by atoms with Crippen molar-refractivity contribution in [2.45, 2.75) is 13.1 Å². The van der Waals surface area contributed by atoms with Crippen LogP contribution in [0.3, 0.4) is 0 Å². The van der Waals surface area contributed by atoms with Crippen LogP contribution >= 0.6 is 11.6 Å². The summed E-state index contributed by atoms with van der Waals surface area (Å²) < 4.78 is 5.43. The highest BCUT2D eigenvalue weighted by Crippen LogP contribution is 2.15. The molecule has 0 saturated carbocycles. The van der Waals surface area contributed by atoms with Gasteiger partial charge in [-0.15, -0.1) is 0 Å². The van der Waals surface area contributed by atoms with Crippen molar-refractivity contribution in [2.24, 2.45) is 0 Å². The molecule has 122 valence electrons. The number of halogens is 1. The molecular formula is C18H22ClN2O2+. The predicted octanol–water partition coefficient (Wildman–Crippen LogP) is 1.68. The Kier molecular flexibility index (Phi) is 6.44. The van der Waals surface area contributed by atoms with Gasteiger partial charge in [-0.25, -0.2) is 0 Å². The Morgan fingerprint density at radius 2 is 1.74 bits per heavy atom. The van der Waals surface area contributed by atoms with Crippen LogP contribution < -0.4 is 15.0 Å². The Morgan fingerprint density at radius 3 is 2.39 bits per heavy atom. The molecule has 0 fully saturated rings. The molecule has 0 aliphatic carbocycles. The second kappa shape index (κ2) is 8.56. The van der Waals surface area contributed by atoms with Crippen LogP contribution in [-0.2, 0) is 17.9 Å². The first kappa shape index (κ1) is 17.3. The van der Waals surface area contributed by atoms with E-state index < -0.39 is 0 Å². The van der Waals surface area contributed by atoms with Gasteiger partial charge in [0.2, 0.25) is 0 Å². The van der Waals surface area contributed by atoms with Crippen LogP contribution in [0.2, 0.25) is 5.02 Å². The summed E-state index contributed by atoms with van der Waals surface area (Å²) in [5.74, 6) is 0.480. The number of hydrogen-bond donors (Lipinski definition) is 2. The van der Waals surface area contributed by atoms with Gasteiger partial charge in [-0.3, -0.25) is 4.79 Å². The summed E-state index contributed by atoms with van der Waals surface area (Å²) in [7, 11) is 4.21. The molecule has 0 heterocycles. The molecule has 4 nitrogen and oxygen atoms in total. The Labute approximate surface area is 142 Å². The number of rotatable bonds is 7. The molecule has 0 aliphatic rings. The molecule has 0 radical (unpaired) electrons. The van der Waals surface area contributed by atoms with Crippen LogP contribution in [0.5, 0.6) is 5.75 Å². The lowest BCUT2D eigenvalue weighted by Crippen LogP contribution is -3.04. The Balaban J connectivity index is 1.83. The van der Waals surface area contributed by atoms with Crippen molar-refractivity contribution in [3.8, 4) is 5.75 Å². The summed E-state index contributed by atoms with van der Waals surface area (Å²) in [5.41, 5.74) is 2.37. The quantitative estimate of drug-likeness (QED) is 0.809. The van der Waals surface area contributed by atoms with Gasteiger partial charge in [0.1, 0.15) is 12.3 Å². The number of carbonyl (C=O) groups is 1. The number of carbonyl (C=O) groups excluding carboxylic acids is 1. The Bertz CT molecular complexity index is 642. The maximum absolute atomic E-state index is 11.9. The highest BCUT2D eigenvalue weighted by atomic mass is 35.5. The minimum Gasteiger partial charge on any atom is -0.484 e. The van der Waals surface area contributed by atoms with E-state index >= 15 is 0 Å². The first-order valence-corrected chi connectivity index (χ1v) is 7.93. The van der Waals surface area contributed by atoms with Crippen LogP contribution in [0.1, 0.15) is 11.1 Å². The Morgan fingerprint density at radius 1 is 1.09 bits per heavy atom. The standard InChI is InChI=1S/C18H21ClN2O2/c1-21(2)12-15-6-4-3-5-14(15)11-20-18(22)13-23-17-9-7-16(19)8-10-17/h3-10H,11-13H2,1-2H3,(H,20,22)/p+1. The molecule has 2 aromatic carbocycles. The number of amides is 1. The molecule has 0 saturated heterocycles. The van der Waals surface area contributed by atoms with Crippen LogP contribution in [0.15, 0.2) is 48.5 Å². The third kappa shape index (κ3) is 5.93. The second-order valence-electron chi connectivity index (χ2n) is 5.67. The summed E-state index contributed by atoms with van der Waals surface area (Å²) in [4.78, 5) is 13.3. The number of benzene rings is 2. The van der Waals surface area contributed by atoms with Crippen LogP contribution in [0, 0.1) is 0 Å². The number of nitrogens with one attached hydrogen (secondary N) is 2. The van der Waals surface area contributed by atoms with E-state index in [1.807, 2.05) is 18.2 Å². The zero-order chi connectivity index (χ0) is 16.7. The minimum atomic E-state index is -0.146. The van der Waals surface area contributed by atoms with Crippen molar-refractivity contribution >= 4 is 17.5 Å². The van der Waals surface area contributed by atoms with Crippen molar-refractivity contribution in [1.82, 2.24) is 5.32 Å². The minimum absolute atomic E-state index is 0.0112. The number of hydrogen-bond acceptors (Lipinski definition) is 2. The first-order valence-electron chi connectivity index (χ1n) is 7.55. The van der Waals surface area contributed by atoms with Crippen LogP contribution in [0.4, 0.5) is 0 Å². The predicted molar refractivity (Wildman–Crippen MR) is 91.8 cm³/mol. The third-order valence-corrected chi connectivity index (χ3v) is 3.57. The molecule has 2 aromatic rings. The molecule has 0 atom stereocenters. The van der Waals surface area contributed by atoms with Gasteiger partial charge in [0.05, 0.1) is 14.1 Å². The van der Waals surface area contributed by atoms with Crippen molar-refractivity contribution in [1.29, 1.82) is 0 Å². The first-order chi connectivity index (χ1) is 11.0. The fraction of sp³-hybridized carbons (Fsp3) is 0.278. The average molecular weight is 334 g/mol. The summed E-state index contributed by atoms with van der Waals surface area (Å²) in [6, 6.07) is 15.1. The fourth-order valence-electron chi connectivity index (χ4n) is 2.21. The monoisotopic (exact) mass is 333 g/mol. The fourth-order valence-corrected chi connectivity index (χ4v) is 2.33. The number of ether oxygens (including phenoxy) is 1. The zero-order valence-electron chi connectivity index (χ0n) is 13.4. The van der Waals surface area contributed by atoms with Crippen molar-refractivity contribution < 1.29 is 14.4 Å². The Hall–Kier alpha value is -2.04. The topological polar surface area (TPSA) is 42.8 Å². The molecule has 2 N–H and O–H groups in total. The highest BCUT2D eigenvalue weighted by Gasteiger charge is 2.07. The normalized spacial score (nSPS) is 10.6. The van der Waals surface area contributed by atoms with Crippen LogP contribution in [0.25, 0.3) is 0 Å². The van der Waals surface area contributed by atoms with Gasteiger partial charge < -0.3 is 15.0 Å². The molecule has 0 aromatic heterocycles. The van der Waals surface area contributed by atoms with E-state index in [0.717, 1.165) is 12.1 Å². The molecular weight excluding hydrogens is 312 g/mol. The summed E-state index contributed by atoms with van der Waals surface area (Å²) in [6.45, 7) is 1.42. The maximum atomic E-state index is 11.9. The van der Waals surface area contributed by atoms with Crippen molar-refractivity contribution in [2.75, 3.05) is 20.7 Å². The van der Waals surface area contributed by atoms with Crippen LogP contribution in [-0.4, -0.2) is 26.6 Å². The SMILES string of the molecule is C[NH+](C)Cc1ccccc1CNC(=O)COc1ccc(Cl)cc1. The van der Waals surface area contributed by atoms with E-state index in [4.69, 9.17) is 16.3 Å². The lowest BCUT2D eigenvalue weighted by Gasteiger charge is -2.13. The molecule has 0 bridgehead atoms. The molecule has 0 aliphatic heterocycles. The molecule has 5 heteroatoms. The van der Waals surface area contributed by atoms with E-state index in [-0.39, 0.29) is 12.5 Å². The summed E-state index contributed by atoms with van der Waals surface area (Å²) in [6.07, 6.45) is 0. The maximum Gasteiger partial charge on any atom is 0.258 e. The van der Waals surface area contributed by atoms with Gasteiger partial charge in [0.15, 0.2) is 6.61 Å². The lowest BCUT2D eigenvalue weighted by molar-refractivity contribution is -0.872.